The number of Topliss-reactive ketones (excluding diaryl/α,β-unsaturated/α-hetero) is 1. The van der Waals surface area contributed by atoms with Gasteiger partial charge >= 0.3 is 0 Å². The van der Waals surface area contributed by atoms with Crippen LogP contribution in [0.3, 0.4) is 0 Å². The fourth-order valence-electron chi connectivity index (χ4n) is 6.98. The highest BCUT2D eigenvalue weighted by molar-refractivity contribution is 6.20. The molecule has 4 fully saturated rings. The van der Waals surface area contributed by atoms with Crippen LogP contribution in [-0.2, 0) is 4.79 Å². The van der Waals surface area contributed by atoms with Gasteiger partial charge < -0.3 is 0 Å². The number of alkyl halides is 1. The number of hydrogen-bond donors (Lipinski definition) is 0. The van der Waals surface area contributed by atoms with Crippen LogP contribution in [0.4, 0.5) is 0 Å². The molecule has 4 rings (SSSR count). The summed E-state index contributed by atoms with van der Waals surface area (Å²) in [5, 5.41) is 0.418. The van der Waals surface area contributed by atoms with Crippen molar-refractivity contribution in [2.45, 2.75) is 77.0 Å². The van der Waals surface area contributed by atoms with Gasteiger partial charge in [0.15, 0.2) is 0 Å². The van der Waals surface area contributed by atoms with Gasteiger partial charge in [-0.1, -0.05) is 13.8 Å². The first kappa shape index (κ1) is 14.5. The van der Waals surface area contributed by atoms with Gasteiger partial charge in [-0.3, -0.25) is 4.79 Å². The summed E-state index contributed by atoms with van der Waals surface area (Å²) in [5.74, 6) is 3.79. The molecule has 0 heterocycles. The van der Waals surface area contributed by atoms with E-state index in [4.69, 9.17) is 11.6 Å². The second kappa shape index (κ2) is 4.73. The standard InChI is InChI=1S/C19H29ClO/c1-18-9-7-13(20)11-12(18)3-4-14-15-5-6-17(21)19(15,2)10-8-16(14)18/h12-16H,3-11H2,1-2H3/t12-,13?,14?,15?,16-,18?,19?/m0/s1. The summed E-state index contributed by atoms with van der Waals surface area (Å²) >= 11 is 6.46. The van der Waals surface area contributed by atoms with Crippen molar-refractivity contribution >= 4 is 17.4 Å². The van der Waals surface area contributed by atoms with Crippen LogP contribution >= 0.6 is 11.6 Å². The smallest absolute Gasteiger partial charge is 0.139 e. The van der Waals surface area contributed by atoms with Crippen LogP contribution in [0.5, 0.6) is 0 Å². The summed E-state index contributed by atoms with van der Waals surface area (Å²) in [6.07, 6.45) is 11.0. The lowest BCUT2D eigenvalue weighted by atomic mass is 9.45. The number of carbonyl (C=O) groups excluding carboxylic acids is 1. The van der Waals surface area contributed by atoms with Gasteiger partial charge in [0.05, 0.1) is 0 Å². The Balaban J connectivity index is 1.64. The predicted molar refractivity (Wildman–Crippen MR) is 86.4 cm³/mol. The van der Waals surface area contributed by atoms with Crippen LogP contribution < -0.4 is 0 Å². The zero-order valence-corrected chi connectivity index (χ0v) is 14.3. The molecule has 0 spiro atoms. The third-order valence-corrected chi connectivity index (χ3v) is 8.71. The van der Waals surface area contributed by atoms with E-state index in [2.05, 4.69) is 13.8 Å². The van der Waals surface area contributed by atoms with E-state index in [0.29, 0.717) is 22.5 Å². The molecular formula is C19H29ClO. The Hall–Kier alpha value is -0.0400. The maximum atomic E-state index is 12.4. The molecule has 7 atom stereocenters. The third kappa shape index (κ3) is 1.92. The van der Waals surface area contributed by atoms with Gasteiger partial charge in [-0.2, -0.15) is 0 Å². The molecule has 0 amide bonds. The quantitative estimate of drug-likeness (QED) is 0.562. The molecule has 0 radical (unpaired) electrons. The molecule has 5 unspecified atom stereocenters. The summed E-state index contributed by atoms with van der Waals surface area (Å²) in [6, 6.07) is 0. The molecule has 118 valence electrons. The van der Waals surface area contributed by atoms with E-state index >= 15 is 0 Å². The van der Waals surface area contributed by atoms with Crippen molar-refractivity contribution < 1.29 is 4.79 Å². The van der Waals surface area contributed by atoms with Gasteiger partial charge in [-0.15, -0.1) is 11.6 Å². The van der Waals surface area contributed by atoms with E-state index in [1.54, 1.807) is 0 Å². The first-order valence-electron chi connectivity index (χ1n) is 9.12. The number of carbonyl (C=O) groups is 1. The van der Waals surface area contributed by atoms with Crippen LogP contribution in [0.1, 0.15) is 71.6 Å². The second-order valence-electron chi connectivity index (χ2n) is 8.95. The molecule has 2 heteroatoms. The van der Waals surface area contributed by atoms with Crippen LogP contribution in [0.2, 0.25) is 0 Å². The third-order valence-electron chi connectivity index (χ3n) is 8.31. The first-order valence-corrected chi connectivity index (χ1v) is 9.56. The highest BCUT2D eigenvalue weighted by atomic mass is 35.5. The summed E-state index contributed by atoms with van der Waals surface area (Å²) < 4.78 is 0. The lowest BCUT2D eigenvalue weighted by Gasteiger charge is -2.60. The molecule has 4 aliphatic rings. The van der Waals surface area contributed by atoms with E-state index in [-0.39, 0.29) is 5.41 Å². The topological polar surface area (TPSA) is 17.1 Å². The van der Waals surface area contributed by atoms with E-state index in [1.165, 1.54) is 44.9 Å². The van der Waals surface area contributed by atoms with Gasteiger partial charge in [0, 0.05) is 17.2 Å². The maximum absolute atomic E-state index is 12.4. The molecule has 4 saturated carbocycles. The highest BCUT2D eigenvalue weighted by Crippen LogP contribution is 2.65. The molecule has 0 aromatic heterocycles. The fraction of sp³-hybridized carbons (Fsp3) is 0.947. The van der Waals surface area contributed by atoms with E-state index in [9.17, 15) is 4.79 Å². The summed E-state index contributed by atoms with van der Waals surface area (Å²) in [7, 11) is 0. The van der Waals surface area contributed by atoms with Crippen LogP contribution in [0.25, 0.3) is 0 Å². The Morgan fingerprint density at radius 2 is 1.81 bits per heavy atom. The zero-order valence-electron chi connectivity index (χ0n) is 13.5. The largest absolute Gasteiger partial charge is 0.299 e. The molecule has 4 aliphatic carbocycles. The monoisotopic (exact) mass is 308 g/mol. The fourth-order valence-corrected chi connectivity index (χ4v) is 7.30. The Morgan fingerprint density at radius 3 is 2.62 bits per heavy atom. The highest BCUT2D eigenvalue weighted by Gasteiger charge is 2.60. The van der Waals surface area contributed by atoms with Crippen molar-refractivity contribution in [3.05, 3.63) is 0 Å². The average Bonchev–Trinajstić information content (AvgIpc) is 2.76. The van der Waals surface area contributed by atoms with Crippen molar-refractivity contribution in [2.24, 2.45) is 34.5 Å². The molecule has 0 bridgehead atoms. The predicted octanol–water partition coefficient (Wildman–Crippen LogP) is 5.21. The molecule has 1 nitrogen and oxygen atoms in total. The maximum Gasteiger partial charge on any atom is 0.139 e. The minimum atomic E-state index is 0.0358. The first-order chi connectivity index (χ1) is 9.95. The summed E-state index contributed by atoms with van der Waals surface area (Å²) in [4.78, 5) is 12.4. The Labute approximate surface area is 134 Å². The molecule has 0 N–H and O–H groups in total. The van der Waals surface area contributed by atoms with Gasteiger partial charge in [-0.25, -0.2) is 0 Å². The minimum absolute atomic E-state index is 0.0358. The zero-order chi connectivity index (χ0) is 14.8. The Bertz CT molecular complexity index is 460. The molecule has 21 heavy (non-hydrogen) atoms. The Morgan fingerprint density at radius 1 is 1.00 bits per heavy atom. The molecule has 0 aromatic carbocycles. The van der Waals surface area contributed by atoms with Crippen molar-refractivity contribution in [1.29, 1.82) is 0 Å². The number of fused-ring (bicyclic) bond motifs is 5. The molecule has 0 aromatic rings. The van der Waals surface area contributed by atoms with Gasteiger partial charge in [0.2, 0.25) is 0 Å². The van der Waals surface area contributed by atoms with Crippen molar-refractivity contribution in [3.63, 3.8) is 0 Å². The van der Waals surface area contributed by atoms with E-state index in [1.807, 2.05) is 0 Å². The minimum Gasteiger partial charge on any atom is -0.299 e. The Kier molecular flexibility index (Phi) is 3.27. The molecule has 0 aliphatic heterocycles. The van der Waals surface area contributed by atoms with Crippen LogP contribution in [0, 0.1) is 34.5 Å². The summed E-state index contributed by atoms with van der Waals surface area (Å²) in [6.45, 7) is 4.85. The molecule has 0 saturated heterocycles. The number of hydrogen-bond acceptors (Lipinski definition) is 1. The van der Waals surface area contributed by atoms with Crippen LogP contribution in [0.15, 0.2) is 0 Å². The SMILES string of the molecule is CC12CC[C@H]3C(CC[C@H]4CC(Cl)CCC43C)C1CCC2=O. The van der Waals surface area contributed by atoms with E-state index in [0.717, 1.165) is 30.6 Å². The van der Waals surface area contributed by atoms with Gasteiger partial charge in [-0.05, 0) is 80.5 Å². The number of halogens is 1. The van der Waals surface area contributed by atoms with Crippen LogP contribution in [-0.4, -0.2) is 11.2 Å². The number of rotatable bonds is 0. The molecular weight excluding hydrogens is 280 g/mol. The normalized spacial score (nSPS) is 56.5. The van der Waals surface area contributed by atoms with Crippen molar-refractivity contribution in [1.82, 2.24) is 0 Å². The van der Waals surface area contributed by atoms with Gasteiger partial charge in [0.1, 0.15) is 5.78 Å². The van der Waals surface area contributed by atoms with Crippen molar-refractivity contribution in [2.75, 3.05) is 0 Å². The van der Waals surface area contributed by atoms with Crippen molar-refractivity contribution in [3.8, 4) is 0 Å². The summed E-state index contributed by atoms with van der Waals surface area (Å²) in [5.41, 5.74) is 0.551. The lowest BCUT2D eigenvalue weighted by molar-refractivity contribution is -0.138. The van der Waals surface area contributed by atoms with Gasteiger partial charge in [0.25, 0.3) is 0 Å². The second-order valence-corrected chi connectivity index (χ2v) is 9.56. The lowest BCUT2D eigenvalue weighted by Crippen LogP contribution is -2.53. The average molecular weight is 309 g/mol. The number of ketones is 1. The van der Waals surface area contributed by atoms with E-state index < -0.39 is 0 Å².